The van der Waals surface area contributed by atoms with Crippen molar-refractivity contribution in [1.29, 1.82) is 0 Å². The van der Waals surface area contributed by atoms with Crippen LogP contribution < -0.4 is 11.5 Å². The molecule has 66 valence electrons. The molecule has 0 aliphatic rings. The minimum absolute atomic E-state index is 0.0671. The predicted molar refractivity (Wildman–Crippen MR) is 42.3 cm³/mol. The Morgan fingerprint density at radius 1 is 1.64 bits per heavy atom. The summed E-state index contributed by atoms with van der Waals surface area (Å²) in [7, 11) is -4.30. The maximum Gasteiger partial charge on any atom is 0.285 e. The fourth-order valence-electron chi connectivity index (χ4n) is 0.538. The third kappa shape index (κ3) is 2.26. The monoisotopic (exact) mass is 180 g/mol. The van der Waals surface area contributed by atoms with E-state index in [4.69, 9.17) is 16.0 Å². The molecule has 11 heavy (non-hydrogen) atoms. The van der Waals surface area contributed by atoms with E-state index in [1.165, 1.54) is 6.08 Å². The van der Waals surface area contributed by atoms with Crippen molar-refractivity contribution < 1.29 is 13.0 Å². The van der Waals surface area contributed by atoms with E-state index in [9.17, 15) is 8.42 Å². The van der Waals surface area contributed by atoms with E-state index in [1.807, 2.05) is 0 Å². The molecule has 0 aromatic carbocycles. The normalized spacial score (nSPS) is 17.4. The van der Waals surface area contributed by atoms with Gasteiger partial charge in [0.1, 0.15) is 0 Å². The zero-order valence-corrected chi connectivity index (χ0v) is 6.84. The third-order valence-electron chi connectivity index (χ3n) is 1.35. The quantitative estimate of drug-likeness (QED) is 0.382. The topological polar surface area (TPSA) is 106 Å². The van der Waals surface area contributed by atoms with Crippen molar-refractivity contribution >= 4 is 10.1 Å². The first-order valence-corrected chi connectivity index (χ1v) is 4.38. The molecule has 1 atom stereocenters. The highest BCUT2D eigenvalue weighted by atomic mass is 32.2. The lowest BCUT2D eigenvalue weighted by Gasteiger charge is -2.21. The summed E-state index contributed by atoms with van der Waals surface area (Å²) in [6, 6.07) is 0. The van der Waals surface area contributed by atoms with E-state index in [1.54, 1.807) is 0 Å². The molecule has 0 aliphatic heterocycles. The van der Waals surface area contributed by atoms with Crippen LogP contribution in [0.2, 0.25) is 0 Å². The lowest BCUT2D eigenvalue weighted by atomic mass is 10.2. The van der Waals surface area contributed by atoms with Gasteiger partial charge in [-0.3, -0.25) is 4.55 Å². The first kappa shape index (κ1) is 10.6. The third-order valence-corrected chi connectivity index (χ3v) is 2.71. The summed E-state index contributed by atoms with van der Waals surface area (Å²) in [6.07, 6.45) is 1.23. The van der Waals surface area contributed by atoms with Gasteiger partial charge in [0.25, 0.3) is 10.1 Å². The second-order valence-electron chi connectivity index (χ2n) is 2.24. The van der Waals surface area contributed by atoms with Crippen molar-refractivity contribution in [2.45, 2.75) is 11.3 Å². The second-order valence-corrected chi connectivity index (χ2v) is 4.00. The molecule has 0 heterocycles. The second kappa shape index (κ2) is 3.31. The first-order chi connectivity index (χ1) is 4.87. The van der Waals surface area contributed by atoms with Gasteiger partial charge in [-0.1, -0.05) is 6.08 Å². The highest BCUT2D eigenvalue weighted by Crippen LogP contribution is 2.12. The van der Waals surface area contributed by atoms with Gasteiger partial charge in [-0.2, -0.15) is 8.42 Å². The van der Waals surface area contributed by atoms with Crippen LogP contribution in [-0.4, -0.2) is 24.4 Å². The van der Waals surface area contributed by atoms with Crippen LogP contribution in [0.1, 0.15) is 6.42 Å². The number of nitrogens with two attached hydrogens (primary N) is 2. The fourth-order valence-corrected chi connectivity index (χ4v) is 1.08. The summed E-state index contributed by atoms with van der Waals surface area (Å²) >= 11 is 0. The van der Waals surface area contributed by atoms with Crippen molar-refractivity contribution in [2.24, 2.45) is 11.5 Å². The molecule has 0 bridgehead atoms. The van der Waals surface area contributed by atoms with Gasteiger partial charge in [0.2, 0.25) is 0 Å². The zero-order valence-electron chi connectivity index (χ0n) is 6.03. The Morgan fingerprint density at radius 2 is 2.09 bits per heavy atom. The van der Waals surface area contributed by atoms with Gasteiger partial charge in [-0.05, 0) is 0 Å². The summed E-state index contributed by atoms with van der Waals surface area (Å²) < 4.78 is 29.7. The molecule has 0 aliphatic carbocycles. The van der Waals surface area contributed by atoms with Crippen molar-refractivity contribution in [3.63, 3.8) is 0 Å². The highest BCUT2D eigenvalue weighted by molar-refractivity contribution is 7.87. The van der Waals surface area contributed by atoms with Crippen molar-refractivity contribution in [3.8, 4) is 0 Å². The minimum atomic E-state index is -4.30. The molecule has 1 unspecified atom stereocenters. The Kier molecular flexibility index (Phi) is 3.18. The lowest BCUT2D eigenvalue weighted by Crippen LogP contribution is -2.53. The number of hydrogen-bond acceptors (Lipinski definition) is 4. The van der Waals surface area contributed by atoms with E-state index in [2.05, 4.69) is 6.58 Å². The van der Waals surface area contributed by atoms with Gasteiger partial charge < -0.3 is 11.5 Å². The molecule has 0 saturated heterocycles. The lowest BCUT2D eigenvalue weighted by molar-refractivity contribution is 0.426. The molecule has 0 aromatic heterocycles. The number of hydrogen-bond donors (Lipinski definition) is 3. The van der Waals surface area contributed by atoms with E-state index in [-0.39, 0.29) is 13.0 Å². The van der Waals surface area contributed by atoms with Crippen LogP contribution >= 0.6 is 0 Å². The van der Waals surface area contributed by atoms with Crippen LogP contribution in [0.5, 0.6) is 0 Å². The Hall–Kier alpha value is -0.430. The Bertz CT molecular complexity index is 236. The Labute approximate surface area is 65.8 Å². The Morgan fingerprint density at radius 3 is 2.18 bits per heavy atom. The molecule has 0 fully saturated rings. The van der Waals surface area contributed by atoms with E-state index >= 15 is 0 Å². The standard InChI is InChI=1S/C5H12N2O3S/c1-2-3-5(7,4-6)11(8,9)10/h2H,1,3-4,6-7H2,(H,8,9,10). The van der Waals surface area contributed by atoms with Gasteiger partial charge in [-0.25, -0.2) is 0 Å². The smallest absolute Gasteiger partial charge is 0.285 e. The van der Waals surface area contributed by atoms with Gasteiger partial charge in [0.05, 0.1) is 0 Å². The molecule has 5 N–H and O–H groups in total. The average Bonchev–Trinajstić information content (AvgIpc) is 1.86. The van der Waals surface area contributed by atoms with E-state index < -0.39 is 15.0 Å². The van der Waals surface area contributed by atoms with Crippen LogP contribution in [0.4, 0.5) is 0 Å². The Balaban J connectivity index is 4.75. The maximum atomic E-state index is 10.6. The molecule has 0 spiro atoms. The SMILES string of the molecule is C=CCC(N)(CN)S(=O)(=O)O. The summed E-state index contributed by atoms with van der Waals surface area (Å²) in [4.78, 5) is -1.78. The van der Waals surface area contributed by atoms with Crippen molar-refractivity contribution in [2.75, 3.05) is 6.54 Å². The molecular formula is C5H12N2O3S. The zero-order chi connectivity index (χ0) is 9.12. The van der Waals surface area contributed by atoms with Crippen LogP contribution in [-0.2, 0) is 10.1 Å². The van der Waals surface area contributed by atoms with Crippen LogP contribution in [0.3, 0.4) is 0 Å². The van der Waals surface area contributed by atoms with Crippen LogP contribution in [0.15, 0.2) is 12.7 Å². The summed E-state index contributed by atoms with van der Waals surface area (Å²) in [5, 5.41) is 0. The number of rotatable bonds is 4. The molecule has 0 amide bonds. The molecule has 6 heteroatoms. The van der Waals surface area contributed by atoms with E-state index in [0.29, 0.717) is 0 Å². The fraction of sp³-hybridized carbons (Fsp3) is 0.600. The average molecular weight is 180 g/mol. The van der Waals surface area contributed by atoms with Gasteiger partial charge >= 0.3 is 0 Å². The summed E-state index contributed by atoms with van der Waals surface area (Å²) in [6.45, 7) is 2.96. The molecule has 5 nitrogen and oxygen atoms in total. The summed E-state index contributed by atoms with van der Waals surface area (Å²) in [5.41, 5.74) is 10.3. The van der Waals surface area contributed by atoms with Crippen LogP contribution in [0.25, 0.3) is 0 Å². The van der Waals surface area contributed by atoms with Gasteiger partial charge in [0.15, 0.2) is 4.87 Å². The van der Waals surface area contributed by atoms with Crippen LogP contribution in [0, 0.1) is 0 Å². The summed E-state index contributed by atoms with van der Waals surface area (Å²) in [5.74, 6) is 0. The van der Waals surface area contributed by atoms with Gasteiger partial charge in [0, 0.05) is 13.0 Å². The van der Waals surface area contributed by atoms with Crippen molar-refractivity contribution in [3.05, 3.63) is 12.7 Å². The molecule has 0 saturated carbocycles. The van der Waals surface area contributed by atoms with E-state index in [0.717, 1.165) is 0 Å². The van der Waals surface area contributed by atoms with Crippen molar-refractivity contribution in [1.82, 2.24) is 0 Å². The molecular weight excluding hydrogens is 168 g/mol. The molecule has 0 radical (unpaired) electrons. The largest absolute Gasteiger partial charge is 0.328 e. The molecule has 0 aromatic rings. The maximum absolute atomic E-state index is 10.6. The van der Waals surface area contributed by atoms with Gasteiger partial charge in [-0.15, -0.1) is 6.58 Å². The minimum Gasteiger partial charge on any atom is -0.328 e. The highest BCUT2D eigenvalue weighted by Gasteiger charge is 2.35. The molecule has 0 rings (SSSR count). The predicted octanol–water partition coefficient (Wildman–Crippen LogP) is -0.936. The first-order valence-electron chi connectivity index (χ1n) is 2.94.